The maximum Gasteiger partial charge on any atom is 0.311 e. The van der Waals surface area contributed by atoms with Crippen molar-refractivity contribution < 1.29 is 19.2 Å². The number of hydrogen-bond acceptors (Lipinski definition) is 5. The number of nitro groups is 1. The quantitative estimate of drug-likeness (QED) is 0.345. The first kappa shape index (κ1) is 16.3. The minimum atomic E-state index is -0.529. The molecule has 6 nitrogen and oxygen atoms in total. The fourth-order valence-electron chi connectivity index (χ4n) is 2.83. The van der Waals surface area contributed by atoms with Crippen molar-refractivity contribution >= 4 is 11.7 Å². The summed E-state index contributed by atoms with van der Waals surface area (Å²) in [6.07, 6.45) is 7.25. The molecule has 0 heterocycles. The first-order valence-corrected chi connectivity index (χ1v) is 7.63. The lowest BCUT2D eigenvalue weighted by atomic mass is 9.86. The van der Waals surface area contributed by atoms with Crippen molar-refractivity contribution in [2.75, 3.05) is 7.11 Å². The Hall–Kier alpha value is -2.11. The summed E-state index contributed by atoms with van der Waals surface area (Å²) in [6, 6.07) is 3.97. The van der Waals surface area contributed by atoms with Gasteiger partial charge < -0.3 is 9.47 Å². The second kappa shape index (κ2) is 7.77. The summed E-state index contributed by atoms with van der Waals surface area (Å²) in [7, 11) is 1.43. The van der Waals surface area contributed by atoms with Crippen molar-refractivity contribution in [3.8, 4) is 11.5 Å². The number of carbonyl (C=O) groups is 1. The lowest BCUT2D eigenvalue weighted by Gasteiger charge is -2.20. The average molecular weight is 307 g/mol. The molecule has 0 bridgehead atoms. The minimum Gasteiger partial charge on any atom is -0.493 e. The fraction of sp³-hybridized carbons (Fsp3) is 0.562. The highest BCUT2D eigenvalue weighted by Crippen LogP contribution is 2.32. The lowest BCUT2D eigenvalue weighted by Crippen LogP contribution is -2.13. The summed E-state index contributed by atoms with van der Waals surface area (Å²) in [5, 5.41) is 10.8. The molecule has 0 aromatic heterocycles. The normalized spacial score (nSPS) is 15.3. The topological polar surface area (TPSA) is 78.7 Å². The molecular formula is C16H21NO5. The predicted molar refractivity (Wildman–Crippen MR) is 81.1 cm³/mol. The van der Waals surface area contributed by atoms with Crippen molar-refractivity contribution in [1.29, 1.82) is 0 Å². The van der Waals surface area contributed by atoms with Crippen molar-refractivity contribution in [1.82, 2.24) is 0 Å². The van der Waals surface area contributed by atoms with E-state index in [1.807, 2.05) is 0 Å². The van der Waals surface area contributed by atoms with Gasteiger partial charge in [-0.25, -0.2) is 0 Å². The number of hydrogen-bond donors (Lipinski definition) is 0. The van der Waals surface area contributed by atoms with Crippen LogP contribution < -0.4 is 9.47 Å². The van der Waals surface area contributed by atoms with Gasteiger partial charge in [0.1, 0.15) is 0 Å². The van der Waals surface area contributed by atoms with E-state index < -0.39 is 4.92 Å². The molecule has 0 aliphatic heterocycles. The Bertz CT molecular complexity index is 537. The van der Waals surface area contributed by atoms with E-state index in [1.54, 1.807) is 0 Å². The second-order valence-corrected chi connectivity index (χ2v) is 5.61. The van der Waals surface area contributed by atoms with Gasteiger partial charge in [-0.2, -0.15) is 0 Å². The molecule has 1 aromatic rings. The number of nitro benzene ring substituents is 1. The van der Waals surface area contributed by atoms with Crippen LogP contribution in [0.2, 0.25) is 0 Å². The summed E-state index contributed by atoms with van der Waals surface area (Å²) >= 11 is 0. The SMILES string of the molecule is COc1ccc([N+](=O)[O-])cc1OC(=O)CCC1CCCCC1. The zero-order valence-corrected chi connectivity index (χ0v) is 12.7. The van der Waals surface area contributed by atoms with Crippen molar-refractivity contribution in [3.63, 3.8) is 0 Å². The van der Waals surface area contributed by atoms with Gasteiger partial charge in [0.2, 0.25) is 0 Å². The molecule has 2 rings (SSSR count). The van der Waals surface area contributed by atoms with E-state index in [0.29, 0.717) is 18.1 Å². The summed E-state index contributed by atoms with van der Waals surface area (Å²) in [4.78, 5) is 22.2. The highest BCUT2D eigenvalue weighted by Gasteiger charge is 2.18. The van der Waals surface area contributed by atoms with E-state index in [-0.39, 0.29) is 17.4 Å². The molecule has 1 aliphatic rings. The van der Waals surface area contributed by atoms with Crippen LogP contribution in [0.25, 0.3) is 0 Å². The van der Waals surface area contributed by atoms with E-state index >= 15 is 0 Å². The smallest absolute Gasteiger partial charge is 0.311 e. The van der Waals surface area contributed by atoms with Gasteiger partial charge in [-0.05, 0) is 18.4 Å². The van der Waals surface area contributed by atoms with Crippen molar-refractivity contribution in [3.05, 3.63) is 28.3 Å². The monoisotopic (exact) mass is 307 g/mol. The molecular weight excluding hydrogens is 286 g/mol. The third-order valence-electron chi connectivity index (χ3n) is 4.06. The maximum atomic E-state index is 12.0. The van der Waals surface area contributed by atoms with Crippen LogP contribution in [0.1, 0.15) is 44.9 Å². The fourth-order valence-corrected chi connectivity index (χ4v) is 2.83. The van der Waals surface area contributed by atoms with Gasteiger partial charge >= 0.3 is 5.97 Å². The van der Waals surface area contributed by atoms with Gasteiger partial charge in [0.05, 0.1) is 18.1 Å². The zero-order valence-electron chi connectivity index (χ0n) is 12.7. The largest absolute Gasteiger partial charge is 0.493 e. The van der Waals surface area contributed by atoms with Crippen LogP contribution in [0.4, 0.5) is 5.69 Å². The molecule has 1 aliphatic carbocycles. The van der Waals surface area contributed by atoms with E-state index in [1.165, 1.54) is 57.4 Å². The summed E-state index contributed by atoms with van der Waals surface area (Å²) in [6.45, 7) is 0. The number of benzene rings is 1. The Kier molecular flexibility index (Phi) is 5.75. The number of esters is 1. The molecule has 1 aromatic carbocycles. The van der Waals surface area contributed by atoms with Gasteiger partial charge in [0.15, 0.2) is 11.5 Å². The standard InChI is InChI=1S/C16H21NO5/c1-21-14-9-8-13(17(19)20)11-15(14)22-16(18)10-7-12-5-3-2-4-6-12/h8-9,11-12H,2-7,10H2,1H3. The predicted octanol–water partition coefficient (Wildman–Crippen LogP) is 3.87. The number of ether oxygens (including phenoxy) is 2. The van der Waals surface area contributed by atoms with Crippen LogP contribution in [-0.2, 0) is 4.79 Å². The third-order valence-corrected chi connectivity index (χ3v) is 4.06. The second-order valence-electron chi connectivity index (χ2n) is 5.61. The number of carbonyl (C=O) groups excluding carboxylic acids is 1. The molecule has 0 unspecified atom stereocenters. The van der Waals surface area contributed by atoms with Gasteiger partial charge in [0, 0.05) is 12.5 Å². The maximum absolute atomic E-state index is 12.0. The molecule has 22 heavy (non-hydrogen) atoms. The summed E-state index contributed by atoms with van der Waals surface area (Å²) in [5.41, 5.74) is -0.129. The van der Waals surface area contributed by atoms with Crippen molar-refractivity contribution in [2.45, 2.75) is 44.9 Å². The lowest BCUT2D eigenvalue weighted by molar-refractivity contribution is -0.384. The van der Waals surface area contributed by atoms with E-state index in [4.69, 9.17) is 9.47 Å². The van der Waals surface area contributed by atoms with Crippen LogP contribution >= 0.6 is 0 Å². The van der Waals surface area contributed by atoms with Crippen LogP contribution in [0.5, 0.6) is 11.5 Å². The number of non-ortho nitro benzene ring substituents is 1. The van der Waals surface area contributed by atoms with Crippen LogP contribution in [0.15, 0.2) is 18.2 Å². The van der Waals surface area contributed by atoms with Gasteiger partial charge in [-0.15, -0.1) is 0 Å². The molecule has 0 amide bonds. The number of rotatable bonds is 6. The summed E-state index contributed by atoms with van der Waals surface area (Å²) < 4.78 is 10.3. The van der Waals surface area contributed by atoms with E-state index in [9.17, 15) is 14.9 Å². The molecule has 0 saturated heterocycles. The first-order chi connectivity index (χ1) is 10.6. The molecule has 1 saturated carbocycles. The van der Waals surface area contributed by atoms with Gasteiger partial charge in [-0.1, -0.05) is 32.1 Å². The minimum absolute atomic E-state index is 0.102. The van der Waals surface area contributed by atoms with E-state index in [2.05, 4.69) is 0 Å². The Morgan fingerprint density at radius 2 is 2.00 bits per heavy atom. The molecule has 1 fully saturated rings. The van der Waals surface area contributed by atoms with Gasteiger partial charge in [0.25, 0.3) is 5.69 Å². The Balaban J connectivity index is 1.94. The van der Waals surface area contributed by atoms with Crippen LogP contribution in [0.3, 0.4) is 0 Å². The molecule has 6 heteroatoms. The average Bonchev–Trinajstić information content (AvgIpc) is 2.53. The molecule has 0 atom stereocenters. The molecule has 0 N–H and O–H groups in total. The molecule has 0 radical (unpaired) electrons. The van der Waals surface area contributed by atoms with Gasteiger partial charge in [-0.3, -0.25) is 14.9 Å². The zero-order chi connectivity index (χ0) is 15.9. The number of nitrogens with zero attached hydrogens (tertiary/aromatic N) is 1. The van der Waals surface area contributed by atoms with E-state index in [0.717, 1.165) is 6.42 Å². The van der Waals surface area contributed by atoms with Crippen molar-refractivity contribution in [2.24, 2.45) is 5.92 Å². The first-order valence-electron chi connectivity index (χ1n) is 7.63. The Morgan fingerprint density at radius 1 is 1.27 bits per heavy atom. The highest BCUT2D eigenvalue weighted by molar-refractivity contribution is 5.73. The highest BCUT2D eigenvalue weighted by atomic mass is 16.6. The number of methoxy groups -OCH3 is 1. The Labute approximate surface area is 129 Å². The van der Waals surface area contributed by atoms with Crippen LogP contribution in [0, 0.1) is 16.0 Å². The molecule has 120 valence electrons. The van der Waals surface area contributed by atoms with Crippen LogP contribution in [-0.4, -0.2) is 18.0 Å². The third kappa shape index (κ3) is 4.44. The Morgan fingerprint density at radius 3 is 2.64 bits per heavy atom. The molecule has 0 spiro atoms. The summed E-state index contributed by atoms with van der Waals surface area (Å²) in [5.74, 6) is 0.639.